The summed E-state index contributed by atoms with van der Waals surface area (Å²) in [5.41, 5.74) is 0.491. The van der Waals surface area contributed by atoms with Crippen LogP contribution in [0.5, 0.6) is 23.0 Å². The van der Waals surface area contributed by atoms with Crippen LogP contribution >= 0.6 is 0 Å². The molecule has 0 bridgehead atoms. The van der Waals surface area contributed by atoms with E-state index < -0.39 is 17.2 Å². The van der Waals surface area contributed by atoms with Crippen LogP contribution in [0.1, 0.15) is 71.8 Å². The first-order chi connectivity index (χ1) is 22.9. The number of hydrogen-bond donors (Lipinski definition) is 2. The van der Waals surface area contributed by atoms with E-state index in [0.29, 0.717) is 22.8 Å². The molecule has 1 fully saturated rings. The largest absolute Gasteiger partial charge is 0.507 e. The zero-order chi connectivity index (χ0) is 32.5. The van der Waals surface area contributed by atoms with Crippen LogP contribution in [-0.2, 0) is 6.61 Å². The van der Waals surface area contributed by atoms with Crippen LogP contribution in [0.25, 0.3) is 21.9 Å². The van der Waals surface area contributed by atoms with Crippen LogP contribution in [0.2, 0.25) is 0 Å². The third kappa shape index (κ3) is 5.60. The predicted molar refractivity (Wildman–Crippen MR) is 179 cm³/mol. The van der Waals surface area contributed by atoms with Gasteiger partial charge in [0.25, 0.3) is 0 Å². The van der Waals surface area contributed by atoms with Crippen LogP contribution in [0.3, 0.4) is 0 Å². The molecule has 1 saturated carbocycles. The van der Waals surface area contributed by atoms with Crippen LogP contribution < -0.4 is 20.7 Å². The summed E-state index contributed by atoms with van der Waals surface area (Å²) in [5, 5.41) is 23.7. The van der Waals surface area contributed by atoms with Crippen molar-refractivity contribution in [2.45, 2.75) is 50.5 Å². The van der Waals surface area contributed by atoms with Gasteiger partial charge in [0.2, 0.25) is 0 Å². The minimum absolute atomic E-state index is 0.129. The number of methoxy groups -OCH3 is 1. The van der Waals surface area contributed by atoms with Gasteiger partial charge in [-0.15, -0.1) is 0 Å². The Labute approximate surface area is 270 Å². The number of para-hydroxylation sites is 3. The van der Waals surface area contributed by atoms with Crippen LogP contribution in [0, 0.1) is 0 Å². The molecule has 1 aliphatic rings. The second kappa shape index (κ2) is 12.7. The van der Waals surface area contributed by atoms with Gasteiger partial charge in [-0.1, -0.05) is 67.8 Å². The Morgan fingerprint density at radius 2 is 1.30 bits per heavy atom. The fourth-order valence-corrected chi connectivity index (χ4v) is 6.89. The lowest BCUT2D eigenvalue weighted by molar-refractivity contribution is 0.288. The number of fused-ring (bicyclic) bond motifs is 2. The van der Waals surface area contributed by atoms with Crippen molar-refractivity contribution in [3.63, 3.8) is 0 Å². The average Bonchev–Trinajstić information content (AvgIpc) is 3.10. The van der Waals surface area contributed by atoms with E-state index in [1.807, 2.05) is 18.2 Å². The molecule has 0 unspecified atom stereocenters. The summed E-state index contributed by atoms with van der Waals surface area (Å²) in [6.07, 6.45) is 5.89. The molecule has 0 aliphatic heterocycles. The topological polar surface area (TPSA) is 119 Å². The van der Waals surface area contributed by atoms with Gasteiger partial charge in [0, 0.05) is 5.56 Å². The molecule has 0 atom stereocenters. The zero-order valence-electron chi connectivity index (χ0n) is 25.9. The van der Waals surface area contributed by atoms with Gasteiger partial charge in [0.15, 0.2) is 0 Å². The Morgan fingerprint density at radius 3 is 1.91 bits per heavy atom. The number of benzene rings is 4. The molecule has 2 heterocycles. The Balaban J connectivity index is 1.38. The van der Waals surface area contributed by atoms with Gasteiger partial charge >= 0.3 is 11.3 Å². The van der Waals surface area contributed by atoms with E-state index in [2.05, 4.69) is 6.07 Å². The van der Waals surface area contributed by atoms with Gasteiger partial charge in [-0.05, 0) is 72.4 Å². The number of aromatic hydroxyl groups is 2. The molecule has 0 radical (unpaired) electrons. The molecule has 2 aromatic heterocycles. The van der Waals surface area contributed by atoms with Crippen molar-refractivity contribution in [3.8, 4) is 23.0 Å². The van der Waals surface area contributed by atoms with Crippen molar-refractivity contribution in [2.24, 2.45) is 0 Å². The molecule has 0 amide bonds. The molecule has 2 N–H and O–H groups in total. The lowest BCUT2D eigenvalue weighted by Crippen LogP contribution is -2.21. The molecule has 6 aromatic rings. The van der Waals surface area contributed by atoms with Gasteiger partial charge < -0.3 is 28.5 Å². The summed E-state index contributed by atoms with van der Waals surface area (Å²) in [5.74, 6) is -0.220. The quantitative estimate of drug-likeness (QED) is 0.162. The van der Waals surface area contributed by atoms with Crippen LogP contribution in [0.4, 0.5) is 0 Å². The first kappa shape index (κ1) is 30.2. The third-order valence-electron chi connectivity index (χ3n) is 9.20. The molecule has 0 spiro atoms. The van der Waals surface area contributed by atoms with Gasteiger partial charge in [0.1, 0.15) is 40.8 Å². The molecule has 4 aromatic carbocycles. The van der Waals surface area contributed by atoms with Crippen molar-refractivity contribution in [1.82, 2.24) is 0 Å². The maximum absolute atomic E-state index is 13.6. The number of ether oxygens (including phenoxy) is 2. The zero-order valence-corrected chi connectivity index (χ0v) is 25.9. The summed E-state index contributed by atoms with van der Waals surface area (Å²) in [6, 6.07) is 26.4. The fraction of sp³-hybridized carbons (Fsp3) is 0.231. The highest BCUT2D eigenvalue weighted by Gasteiger charge is 2.33. The summed E-state index contributed by atoms with van der Waals surface area (Å²) >= 11 is 0. The summed E-state index contributed by atoms with van der Waals surface area (Å²) < 4.78 is 23.4. The Morgan fingerprint density at radius 1 is 0.723 bits per heavy atom. The molecule has 8 heteroatoms. The minimum Gasteiger partial charge on any atom is -0.507 e. The van der Waals surface area contributed by atoms with E-state index in [9.17, 15) is 19.8 Å². The van der Waals surface area contributed by atoms with Gasteiger partial charge in [-0.25, -0.2) is 9.59 Å². The minimum atomic E-state index is -1.27. The molecule has 7 rings (SSSR count). The Bertz CT molecular complexity index is 2110. The molecular formula is C39H34O8. The highest BCUT2D eigenvalue weighted by molar-refractivity contribution is 5.87. The molecule has 1 aliphatic carbocycles. The number of rotatable bonds is 8. The lowest BCUT2D eigenvalue weighted by atomic mass is 9.83. The second-order valence-corrected chi connectivity index (χ2v) is 12.0. The average molecular weight is 631 g/mol. The van der Waals surface area contributed by atoms with E-state index in [1.54, 1.807) is 73.8 Å². The smallest absolute Gasteiger partial charge is 0.344 e. The highest BCUT2D eigenvalue weighted by Crippen LogP contribution is 2.43. The van der Waals surface area contributed by atoms with Crippen molar-refractivity contribution < 1.29 is 28.5 Å². The van der Waals surface area contributed by atoms with E-state index in [1.165, 1.54) is 24.8 Å². The van der Waals surface area contributed by atoms with Gasteiger partial charge in [-0.2, -0.15) is 0 Å². The summed E-state index contributed by atoms with van der Waals surface area (Å²) in [6.45, 7) is 0.129. The van der Waals surface area contributed by atoms with Crippen LogP contribution in [-0.4, -0.2) is 17.3 Å². The third-order valence-corrected chi connectivity index (χ3v) is 9.20. The van der Waals surface area contributed by atoms with Crippen molar-refractivity contribution in [2.75, 3.05) is 7.11 Å². The van der Waals surface area contributed by atoms with Crippen LogP contribution in [0.15, 0.2) is 109 Å². The molecule has 8 nitrogen and oxygen atoms in total. The molecule has 0 saturated heterocycles. The maximum Gasteiger partial charge on any atom is 0.344 e. The van der Waals surface area contributed by atoms with Crippen molar-refractivity contribution in [3.05, 3.63) is 140 Å². The van der Waals surface area contributed by atoms with Gasteiger partial charge in [-0.3, -0.25) is 0 Å². The Kier molecular flexibility index (Phi) is 8.16. The first-order valence-corrected chi connectivity index (χ1v) is 15.8. The fourth-order valence-electron chi connectivity index (χ4n) is 6.89. The molecule has 47 heavy (non-hydrogen) atoms. The van der Waals surface area contributed by atoms with Gasteiger partial charge in [0.05, 0.1) is 34.9 Å². The van der Waals surface area contributed by atoms with Crippen molar-refractivity contribution in [1.29, 1.82) is 0 Å². The number of hydrogen-bond acceptors (Lipinski definition) is 8. The summed E-state index contributed by atoms with van der Waals surface area (Å²) in [7, 11) is 1.56. The summed E-state index contributed by atoms with van der Waals surface area (Å²) in [4.78, 5) is 27.3. The maximum atomic E-state index is 13.6. The molecular weight excluding hydrogens is 596 g/mol. The van der Waals surface area contributed by atoms with E-state index in [-0.39, 0.29) is 51.2 Å². The predicted octanol–water partition coefficient (Wildman–Crippen LogP) is 8.13. The van der Waals surface area contributed by atoms with E-state index >= 15 is 0 Å². The SMILES string of the molecule is COc1ccc(C(c2c(O)c3ccccc3oc2=O)c2c(O)c3ccccc3oc2=O)cc1COc1ccccc1C1CCCCC1. The monoisotopic (exact) mass is 630 g/mol. The second-order valence-electron chi connectivity index (χ2n) is 12.0. The van der Waals surface area contributed by atoms with E-state index in [4.69, 9.17) is 18.3 Å². The normalized spacial score (nSPS) is 13.7. The molecule has 238 valence electrons. The first-order valence-electron chi connectivity index (χ1n) is 15.8. The highest BCUT2D eigenvalue weighted by atomic mass is 16.5. The Hall–Kier alpha value is -5.50. The lowest BCUT2D eigenvalue weighted by Gasteiger charge is -2.24. The van der Waals surface area contributed by atoms with Crippen molar-refractivity contribution >= 4 is 21.9 Å². The standard InChI is InChI=1S/C39H34O8/c1-44-29-20-19-24(21-25(29)22-45-30-16-8-5-13-26(30)23-11-3-2-4-12-23)33(34-36(40)27-14-6-9-17-31(27)46-38(34)42)35-37(41)28-15-7-10-18-32(28)47-39(35)43/h5-10,13-21,23,33,40-41H,2-4,11-12,22H2,1H3. The van der Waals surface area contributed by atoms with E-state index in [0.717, 1.165) is 18.6 Å².